The summed E-state index contributed by atoms with van der Waals surface area (Å²) in [6, 6.07) is 1.82. The number of halogens is 1. The van der Waals surface area contributed by atoms with Gasteiger partial charge in [0.05, 0.1) is 0 Å². The molecule has 0 radical (unpaired) electrons. The first-order valence-electron chi connectivity index (χ1n) is 4.92. The fourth-order valence-electron chi connectivity index (χ4n) is 1.74. The highest BCUT2D eigenvalue weighted by Gasteiger charge is 2.17. The summed E-state index contributed by atoms with van der Waals surface area (Å²) in [6.07, 6.45) is 5.21. The standard InChI is InChI=1S/C10H13BrN2O/c1-7-12-9(11)6-10(13-7)14-8-4-2-3-5-8/h6,8H,2-5H2,1H3. The number of nitrogens with zero attached hydrogens (tertiary/aromatic N) is 2. The van der Waals surface area contributed by atoms with Gasteiger partial charge in [0.15, 0.2) is 0 Å². The highest BCUT2D eigenvalue weighted by atomic mass is 79.9. The fourth-order valence-corrected chi connectivity index (χ4v) is 2.20. The first kappa shape index (κ1) is 9.90. The van der Waals surface area contributed by atoms with Crippen LogP contribution >= 0.6 is 15.9 Å². The van der Waals surface area contributed by atoms with E-state index >= 15 is 0 Å². The van der Waals surface area contributed by atoms with E-state index in [0.717, 1.165) is 23.3 Å². The van der Waals surface area contributed by atoms with Gasteiger partial charge in [-0.05, 0) is 48.5 Å². The summed E-state index contributed by atoms with van der Waals surface area (Å²) in [7, 11) is 0. The lowest BCUT2D eigenvalue weighted by Crippen LogP contribution is -2.12. The van der Waals surface area contributed by atoms with Crippen LogP contribution in [-0.4, -0.2) is 16.1 Å². The lowest BCUT2D eigenvalue weighted by molar-refractivity contribution is 0.200. The Kier molecular flexibility index (Phi) is 3.01. The molecule has 4 heteroatoms. The van der Waals surface area contributed by atoms with Crippen LogP contribution in [0.15, 0.2) is 10.7 Å². The van der Waals surface area contributed by atoms with Gasteiger partial charge >= 0.3 is 0 Å². The molecule has 14 heavy (non-hydrogen) atoms. The molecule has 0 N–H and O–H groups in total. The Labute approximate surface area is 92.0 Å². The highest BCUT2D eigenvalue weighted by Crippen LogP contribution is 2.24. The van der Waals surface area contributed by atoms with Crippen molar-refractivity contribution >= 4 is 15.9 Å². The van der Waals surface area contributed by atoms with E-state index < -0.39 is 0 Å². The van der Waals surface area contributed by atoms with Crippen molar-refractivity contribution in [1.29, 1.82) is 0 Å². The van der Waals surface area contributed by atoms with Gasteiger partial charge in [0.25, 0.3) is 0 Å². The summed E-state index contributed by atoms with van der Waals surface area (Å²) in [6.45, 7) is 1.87. The minimum absolute atomic E-state index is 0.358. The van der Waals surface area contributed by atoms with Gasteiger partial charge in [0, 0.05) is 6.07 Å². The number of hydrogen-bond donors (Lipinski definition) is 0. The molecule has 1 fully saturated rings. The fraction of sp³-hybridized carbons (Fsp3) is 0.600. The second-order valence-corrected chi connectivity index (χ2v) is 4.41. The van der Waals surface area contributed by atoms with E-state index in [-0.39, 0.29) is 0 Å². The number of aryl methyl sites for hydroxylation is 1. The maximum Gasteiger partial charge on any atom is 0.217 e. The van der Waals surface area contributed by atoms with Crippen molar-refractivity contribution < 1.29 is 4.74 Å². The molecule has 1 aliphatic carbocycles. The predicted molar refractivity (Wildman–Crippen MR) is 57.4 cm³/mol. The van der Waals surface area contributed by atoms with Crippen LogP contribution in [0.2, 0.25) is 0 Å². The zero-order valence-electron chi connectivity index (χ0n) is 8.16. The van der Waals surface area contributed by atoms with Gasteiger partial charge in [-0.2, -0.15) is 4.98 Å². The summed E-state index contributed by atoms with van der Waals surface area (Å²) < 4.78 is 6.55. The van der Waals surface area contributed by atoms with Gasteiger partial charge in [-0.1, -0.05) is 0 Å². The molecule has 1 aromatic rings. The van der Waals surface area contributed by atoms with Crippen molar-refractivity contribution in [2.75, 3.05) is 0 Å². The molecule has 0 unspecified atom stereocenters. The summed E-state index contributed by atoms with van der Waals surface area (Å²) in [5.74, 6) is 1.43. The van der Waals surface area contributed by atoms with Gasteiger partial charge in [0.2, 0.25) is 5.88 Å². The Morgan fingerprint density at radius 1 is 1.36 bits per heavy atom. The van der Waals surface area contributed by atoms with Crippen LogP contribution in [0.1, 0.15) is 31.5 Å². The molecule has 0 aliphatic heterocycles. The van der Waals surface area contributed by atoms with E-state index in [1.54, 1.807) is 0 Å². The Bertz CT molecular complexity index is 304. The van der Waals surface area contributed by atoms with E-state index in [0.29, 0.717) is 12.0 Å². The zero-order chi connectivity index (χ0) is 9.97. The van der Waals surface area contributed by atoms with Gasteiger partial charge in [-0.3, -0.25) is 0 Å². The van der Waals surface area contributed by atoms with Crippen LogP contribution in [0.3, 0.4) is 0 Å². The van der Waals surface area contributed by atoms with Crippen LogP contribution in [0.5, 0.6) is 5.88 Å². The molecule has 0 amide bonds. The molecule has 0 aromatic carbocycles. The molecular weight excluding hydrogens is 244 g/mol. The van der Waals surface area contributed by atoms with E-state index in [1.807, 2.05) is 13.0 Å². The minimum Gasteiger partial charge on any atom is -0.474 e. The molecule has 0 bridgehead atoms. The zero-order valence-corrected chi connectivity index (χ0v) is 9.75. The molecule has 1 heterocycles. The lowest BCUT2D eigenvalue weighted by Gasteiger charge is -2.12. The van der Waals surface area contributed by atoms with E-state index in [9.17, 15) is 0 Å². The second kappa shape index (κ2) is 4.26. The minimum atomic E-state index is 0.358. The summed E-state index contributed by atoms with van der Waals surface area (Å²) in [5.41, 5.74) is 0. The van der Waals surface area contributed by atoms with Crippen molar-refractivity contribution in [3.05, 3.63) is 16.5 Å². The number of rotatable bonds is 2. The molecule has 0 spiro atoms. The number of aromatic nitrogens is 2. The average Bonchev–Trinajstić information content (AvgIpc) is 2.54. The number of hydrogen-bond acceptors (Lipinski definition) is 3. The predicted octanol–water partition coefficient (Wildman–Crippen LogP) is 2.87. The van der Waals surface area contributed by atoms with E-state index in [1.165, 1.54) is 12.8 Å². The van der Waals surface area contributed by atoms with Crippen molar-refractivity contribution in [2.24, 2.45) is 0 Å². The van der Waals surface area contributed by atoms with Crippen LogP contribution in [0, 0.1) is 6.92 Å². The normalized spacial score (nSPS) is 17.3. The van der Waals surface area contributed by atoms with E-state index in [4.69, 9.17) is 4.74 Å². The third kappa shape index (κ3) is 2.44. The number of ether oxygens (including phenoxy) is 1. The van der Waals surface area contributed by atoms with Crippen LogP contribution in [0.4, 0.5) is 0 Å². The summed E-state index contributed by atoms with van der Waals surface area (Å²) >= 11 is 3.33. The Hall–Kier alpha value is -0.640. The monoisotopic (exact) mass is 256 g/mol. The summed E-state index contributed by atoms with van der Waals surface area (Å²) in [5, 5.41) is 0. The topological polar surface area (TPSA) is 35.0 Å². The van der Waals surface area contributed by atoms with Crippen LogP contribution in [-0.2, 0) is 0 Å². The Balaban J connectivity index is 2.07. The van der Waals surface area contributed by atoms with Crippen LogP contribution < -0.4 is 4.74 Å². The molecule has 76 valence electrons. The SMILES string of the molecule is Cc1nc(Br)cc(OC2CCCC2)n1. The highest BCUT2D eigenvalue weighted by molar-refractivity contribution is 9.10. The Morgan fingerprint density at radius 3 is 2.71 bits per heavy atom. The smallest absolute Gasteiger partial charge is 0.217 e. The maximum atomic E-state index is 5.76. The molecule has 1 saturated carbocycles. The lowest BCUT2D eigenvalue weighted by atomic mass is 10.3. The molecule has 2 rings (SSSR count). The second-order valence-electron chi connectivity index (χ2n) is 3.60. The maximum absolute atomic E-state index is 5.76. The van der Waals surface area contributed by atoms with E-state index in [2.05, 4.69) is 25.9 Å². The van der Waals surface area contributed by atoms with Crippen LogP contribution in [0.25, 0.3) is 0 Å². The van der Waals surface area contributed by atoms with Gasteiger partial charge in [-0.25, -0.2) is 4.98 Å². The quantitative estimate of drug-likeness (QED) is 0.764. The Morgan fingerprint density at radius 2 is 2.07 bits per heavy atom. The molecule has 3 nitrogen and oxygen atoms in total. The first-order valence-corrected chi connectivity index (χ1v) is 5.71. The third-order valence-electron chi connectivity index (χ3n) is 2.37. The third-order valence-corrected chi connectivity index (χ3v) is 2.78. The molecule has 1 aromatic heterocycles. The van der Waals surface area contributed by atoms with Crippen molar-refractivity contribution in [2.45, 2.75) is 38.7 Å². The average molecular weight is 257 g/mol. The molecule has 1 aliphatic rings. The first-order chi connectivity index (χ1) is 6.74. The van der Waals surface area contributed by atoms with Crippen molar-refractivity contribution in [3.8, 4) is 5.88 Å². The molecule has 0 atom stereocenters. The van der Waals surface area contributed by atoms with Crippen molar-refractivity contribution in [1.82, 2.24) is 9.97 Å². The van der Waals surface area contributed by atoms with Gasteiger partial charge in [-0.15, -0.1) is 0 Å². The van der Waals surface area contributed by atoms with Gasteiger partial charge in [0.1, 0.15) is 16.5 Å². The van der Waals surface area contributed by atoms with Crippen molar-refractivity contribution in [3.63, 3.8) is 0 Å². The largest absolute Gasteiger partial charge is 0.474 e. The molecular formula is C10H13BrN2O. The molecule has 0 saturated heterocycles. The summed E-state index contributed by atoms with van der Waals surface area (Å²) in [4.78, 5) is 8.37. The van der Waals surface area contributed by atoms with Gasteiger partial charge < -0.3 is 4.74 Å².